The minimum absolute atomic E-state index is 0.223. The van der Waals surface area contributed by atoms with Gasteiger partial charge in [0.05, 0.1) is 19.8 Å². The zero-order valence-electron chi connectivity index (χ0n) is 13.9. The van der Waals surface area contributed by atoms with Gasteiger partial charge in [0.25, 0.3) is 0 Å². The van der Waals surface area contributed by atoms with E-state index >= 15 is 0 Å². The quantitative estimate of drug-likeness (QED) is 0.853. The van der Waals surface area contributed by atoms with Gasteiger partial charge >= 0.3 is 0 Å². The van der Waals surface area contributed by atoms with Crippen molar-refractivity contribution in [1.82, 2.24) is 0 Å². The lowest BCUT2D eigenvalue weighted by Gasteiger charge is -2.31. The lowest BCUT2D eigenvalue weighted by Crippen LogP contribution is -2.30. The lowest BCUT2D eigenvalue weighted by molar-refractivity contribution is -0.0227. The van der Waals surface area contributed by atoms with Crippen LogP contribution in [0.1, 0.15) is 63.5 Å². The van der Waals surface area contributed by atoms with E-state index in [2.05, 4.69) is 26.8 Å². The average Bonchev–Trinajstić information content (AvgIpc) is 2.71. The molecule has 3 heteroatoms. The molecule has 2 rings (SSSR count). The molecule has 0 saturated carbocycles. The molecule has 0 fully saturated rings. The van der Waals surface area contributed by atoms with E-state index in [9.17, 15) is 5.11 Å². The summed E-state index contributed by atoms with van der Waals surface area (Å²) in [5, 5.41) is 11.3. The second kappa shape index (κ2) is 6.27. The third kappa shape index (κ3) is 2.52. The molecule has 0 heterocycles. The first-order chi connectivity index (χ1) is 10.0. The van der Waals surface area contributed by atoms with Crippen molar-refractivity contribution in [3.05, 3.63) is 23.3 Å². The molecule has 21 heavy (non-hydrogen) atoms. The highest BCUT2D eigenvalue weighted by Crippen LogP contribution is 2.55. The number of ether oxygens (including phenoxy) is 2. The predicted octanol–water partition coefficient (Wildman–Crippen LogP) is 4.22. The molecule has 3 atom stereocenters. The molecular formula is C18H28O3. The summed E-state index contributed by atoms with van der Waals surface area (Å²) in [6.45, 7) is 6.52. The van der Waals surface area contributed by atoms with Gasteiger partial charge in [0.1, 0.15) is 0 Å². The fourth-order valence-corrected chi connectivity index (χ4v) is 3.81. The topological polar surface area (TPSA) is 38.7 Å². The highest BCUT2D eigenvalue weighted by Gasteiger charge is 2.48. The van der Waals surface area contributed by atoms with Crippen LogP contribution in [0.25, 0.3) is 0 Å². The molecule has 1 aromatic carbocycles. The van der Waals surface area contributed by atoms with Crippen LogP contribution < -0.4 is 9.47 Å². The molecule has 0 bridgehead atoms. The molecule has 3 nitrogen and oxygen atoms in total. The summed E-state index contributed by atoms with van der Waals surface area (Å²) in [6, 6.07) is 4.04. The fourth-order valence-electron chi connectivity index (χ4n) is 3.81. The highest BCUT2D eigenvalue weighted by molar-refractivity contribution is 5.53. The molecule has 1 N–H and O–H groups in total. The highest BCUT2D eigenvalue weighted by atomic mass is 16.5. The predicted molar refractivity (Wildman–Crippen MR) is 85.2 cm³/mol. The standard InChI is InChI=1S/C18H28O3/c1-6-8-9-18(19)12(3)13(7-2)14-10-16(20-4)17(21-5)11-15(14)18/h10-13,19H,6-9H2,1-5H3. The maximum Gasteiger partial charge on any atom is 0.161 e. The first-order valence-electron chi connectivity index (χ1n) is 8.02. The van der Waals surface area contributed by atoms with E-state index in [0.717, 1.165) is 37.0 Å². The summed E-state index contributed by atoms with van der Waals surface area (Å²) in [4.78, 5) is 0. The number of hydrogen-bond donors (Lipinski definition) is 1. The monoisotopic (exact) mass is 292 g/mol. The van der Waals surface area contributed by atoms with Crippen molar-refractivity contribution < 1.29 is 14.6 Å². The van der Waals surface area contributed by atoms with Gasteiger partial charge < -0.3 is 14.6 Å². The van der Waals surface area contributed by atoms with Crippen molar-refractivity contribution >= 4 is 0 Å². The van der Waals surface area contributed by atoms with Crippen molar-refractivity contribution in [1.29, 1.82) is 0 Å². The largest absolute Gasteiger partial charge is 0.493 e. The third-order valence-corrected chi connectivity index (χ3v) is 5.13. The van der Waals surface area contributed by atoms with Crippen LogP contribution in [-0.2, 0) is 5.60 Å². The van der Waals surface area contributed by atoms with Crippen LogP contribution in [0.2, 0.25) is 0 Å². The Morgan fingerprint density at radius 1 is 1.14 bits per heavy atom. The summed E-state index contributed by atoms with van der Waals surface area (Å²) in [6.07, 6.45) is 3.96. The van der Waals surface area contributed by atoms with Crippen molar-refractivity contribution in [3.63, 3.8) is 0 Å². The first-order valence-corrected chi connectivity index (χ1v) is 8.02. The van der Waals surface area contributed by atoms with Crippen LogP contribution in [0.4, 0.5) is 0 Å². The maximum absolute atomic E-state index is 11.3. The zero-order chi connectivity index (χ0) is 15.6. The van der Waals surface area contributed by atoms with E-state index in [0.29, 0.717) is 11.7 Å². The number of unbranched alkanes of at least 4 members (excludes halogenated alkanes) is 1. The van der Waals surface area contributed by atoms with E-state index in [4.69, 9.17) is 9.47 Å². The summed E-state index contributed by atoms with van der Waals surface area (Å²) < 4.78 is 10.9. The van der Waals surface area contributed by atoms with Crippen LogP contribution in [0, 0.1) is 5.92 Å². The number of fused-ring (bicyclic) bond motifs is 1. The maximum atomic E-state index is 11.3. The van der Waals surface area contributed by atoms with Gasteiger partial charge in [-0.15, -0.1) is 0 Å². The van der Waals surface area contributed by atoms with Crippen LogP contribution in [0.15, 0.2) is 12.1 Å². The van der Waals surface area contributed by atoms with Gasteiger partial charge in [-0.3, -0.25) is 0 Å². The minimum atomic E-state index is -0.744. The average molecular weight is 292 g/mol. The zero-order valence-corrected chi connectivity index (χ0v) is 13.9. The summed E-state index contributed by atoms with van der Waals surface area (Å²) in [5.41, 5.74) is 1.51. The molecule has 0 radical (unpaired) electrons. The van der Waals surface area contributed by atoms with Crippen LogP contribution in [0.3, 0.4) is 0 Å². The molecule has 118 valence electrons. The molecule has 1 aliphatic rings. The number of aliphatic hydroxyl groups is 1. The smallest absolute Gasteiger partial charge is 0.161 e. The molecule has 3 unspecified atom stereocenters. The van der Waals surface area contributed by atoms with E-state index in [1.54, 1.807) is 14.2 Å². The van der Waals surface area contributed by atoms with E-state index in [1.165, 1.54) is 5.56 Å². The summed E-state index contributed by atoms with van der Waals surface area (Å²) in [5.74, 6) is 2.05. The Balaban J connectivity index is 2.56. The molecule has 0 spiro atoms. The first kappa shape index (κ1) is 16.2. The van der Waals surface area contributed by atoms with E-state index < -0.39 is 5.60 Å². The Bertz CT molecular complexity index is 497. The molecule has 0 amide bonds. The summed E-state index contributed by atoms with van der Waals surface area (Å²) in [7, 11) is 3.30. The Hall–Kier alpha value is -1.22. The Kier molecular flexibility index (Phi) is 4.82. The van der Waals surface area contributed by atoms with Crippen LogP contribution in [-0.4, -0.2) is 19.3 Å². The van der Waals surface area contributed by atoms with Gasteiger partial charge in [0, 0.05) is 0 Å². The molecule has 0 aromatic heterocycles. The summed E-state index contributed by atoms with van der Waals surface area (Å²) >= 11 is 0. The van der Waals surface area contributed by atoms with Gasteiger partial charge in [0.15, 0.2) is 11.5 Å². The third-order valence-electron chi connectivity index (χ3n) is 5.13. The number of methoxy groups -OCH3 is 2. The Morgan fingerprint density at radius 2 is 1.76 bits per heavy atom. The number of rotatable bonds is 6. The fraction of sp³-hybridized carbons (Fsp3) is 0.667. The van der Waals surface area contributed by atoms with Crippen molar-refractivity contribution in [2.24, 2.45) is 5.92 Å². The second-order valence-corrected chi connectivity index (χ2v) is 6.13. The molecule has 1 aromatic rings. The minimum Gasteiger partial charge on any atom is -0.493 e. The molecule has 1 aliphatic carbocycles. The van der Waals surface area contributed by atoms with Crippen molar-refractivity contribution in [3.8, 4) is 11.5 Å². The van der Waals surface area contributed by atoms with Gasteiger partial charge in [-0.2, -0.15) is 0 Å². The van der Waals surface area contributed by atoms with Gasteiger partial charge in [-0.05, 0) is 47.9 Å². The van der Waals surface area contributed by atoms with Gasteiger partial charge in [0.2, 0.25) is 0 Å². The second-order valence-electron chi connectivity index (χ2n) is 6.13. The van der Waals surface area contributed by atoms with Crippen molar-refractivity contribution in [2.75, 3.05) is 14.2 Å². The van der Waals surface area contributed by atoms with Crippen LogP contribution in [0.5, 0.6) is 11.5 Å². The molecule has 0 aliphatic heterocycles. The van der Waals surface area contributed by atoms with Crippen LogP contribution >= 0.6 is 0 Å². The van der Waals surface area contributed by atoms with E-state index in [-0.39, 0.29) is 5.92 Å². The number of hydrogen-bond acceptors (Lipinski definition) is 3. The van der Waals surface area contributed by atoms with Gasteiger partial charge in [-0.25, -0.2) is 0 Å². The Labute approximate surface area is 128 Å². The normalized spacial score (nSPS) is 27.5. The Morgan fingerprint density at radius 3 is 2.29 bits per heavy atom. The number of benzene rings is 1. The van der Waals surface area contributed by atoms with Gasteiger partial charge in [-0.1, -0.05) is 33.6 Å². The lowest BCUT2D eigenvalue weighted by atomic mass is 9.80. The van der Waals surface area contributed by atoms with E-state index in [1.807, 2.05) is 6.07 Å². The molecule has 0 saturated heterocycles. The molecular weight excluding hydrogens is 264 g/mol. The van der Waals surface area contributed by atoms with Crippen molar-refractivity contribution in [2.45, 2.75) is 58.0 Å². The SMILES string of the molecule is CCCCC1(O)c2cc(OC)c(OC)cc2C(CC)C1C.